The third-order valence-electron chi connectivity index (χ3n) is 5.44. The number of benzene rings is 2. The van der Waals surface area contributed by atoms with Crippen LogP contribution in [0.2, 0.25) is 0 Å². The Balaban J connectivity index is 1.73. The maximum absolute atomic E-state index is 13.4. The van der Waals surface area contributed by atoms with Crippen LogP contribution in [-0.2, 0) is 20.9 Å². The molecule has 0 radical (unpaired) electrons. The molecular formula is C23H19N3O4. The van der Waals surface area contributed by atoms with E-state index in [0.717, 1.165) is 0 Å². The van der Waals surface area contributed by atoms with Crippen LogP contribution in [0.4, 0.5) is 5.69 Å². The molecule has 2 amide bonds. The highest BCUT2D eigenvalue weighted by Gasteiger charge is 2.61. The van der Waals surface area contributed by atoms with Crippen LogP contribution in [0.3, 0.4) is 0 Å². The average Bonchev–Trinajstić information content (AvgIpc) is 3.13. The number of carbonyl (C=O) groups is 3. The van der Waals surface area contributed by atoms with E-state index in [9.17, 15) is 14.4 Å². The Bertz CT molecular complexity index is 1100. The normalized spacial score (nSPS) is 19.7. The molecule has 7 nitrogen and oxygen atoms in total. The van der Waals surface area contributed by atoms with Crippen LogP contribution < -0.4 is 4.90 Å². The molecule has 7 heteroatoms. The zero-order valence-electron chi connectivity index (χ0n) is 16.2. The van der Waals surface area contributed by atoms with Gasteiger partial charge in [0.05, 0.1) is 22.9 Å². The number of esters is 1. The summed E-state index contributed by atoms with van der Waals surface area (Å²) in [4.78, 5) is 42.2. The molecule has 0 aliphatic carbocycles. The SMILES string of the molecule is C=CCN1C(=O)c2ccccc2N2C(=O)CC[C@]12C(=O)OCc1cccc(C#N)c1. The topological polar surface area (TPSA) is 90.7 Å². The molecule has 0 bridgehead atoms. The summed E-state index contributed by atoms with van der Waals surface area (Å²) in [6, 6.07) is 15.5. The number of nitrogens with zero attached hydrogens (tertiary/aromatic N) is 3. The Labute approximate surface area is 173 Å². The third kappa shape index (κ3) is 2.85. The third-order valence-corrected chi connectivity index (χ3v) is 5.44. The van der Waals surface area contributed by atoms with Crippen molar-refractivity contribution >= 4 is 23.5 Å². The van der Waals surface area contributed by atoms with Gasteiger partial charge in [0.25, 0.3) is 5.91 Å². The molecular weight excluding hydrogens is 382 g/mol. The summed E-state index contributed by atoms with van der Waals surface area (Å²) in [5.41, 5.74) is 0.319. The molecule has 0 N–H and O–H groups in total. The lowest BCUT2D eigenvalue weighted by molar-refractivity contribution is -0.158. The Morgan fingerprint density at radius 2 is 2.03 bits per heavy atom. The number of nitriles is 1. The highest BCUT2D eigenvalue weighted by molar-refractivity contribution is 6.15. The second kappa shape index (κ2) is 7.48. The molecule has 2 aliphatic rings. The number of carbonyl (C=O) groups excluding carboxylic acids is 3. The minimum atomic E-state index is -1.55. The van der Waals surface area contributed by atoms with Crippen LogP contribution in [0.15, 0.2) is 61.2 Å². The van der Waals surface area contributed by atoms with Crippen LogP contribution >= 0.6 is 0 Å². The summed E-state index contributed by atoms with van der Waals surface area (Å²) in [6.45, 7) is 3.72. The molecule has 1 fully saturated rings. The molecule has 150 valence electrons. The van der Waals surface area contributed by atoms with E-state index in [-0.39, 0.29) is 37.8 Å². The number of anilines is 1. The number of ether oxygens (including phenoxy) is 1. The molecule has 0 unspecified atom stereocenters. The molecule has 0 spiro atoms. The minimum absolute atomic E-state index is 0.0735. The van der Waals surface area contributed by atoms with E-state index in [1.807, 2.05) is 6.07 Å². The standard InChI is InChI=1S/C23H19N3O4/c1-2-12-25-21(28)18-8-3-4-9-19(18)26-20(27)10-11-23(25,26)22(29)30-15-17-7-5-6-16(13-17)14-24/h2-9,13H,1,10-12,15H2/t23-/m0/s1. The van der Waals surface area contributed by atoms with Crippen LogP contribution in [0, 0.1) is 11.3 Å². The molecule has 1 atom stereocenters. The largest absolute Gasteiger partial charge is 0.458 e. The van der Waals surface area contributed by atoms with Crippen LogP contribution in [0.1, 0.15) is 34.3 Å². The van der Waals surface area contributed by atoms with Gasteiger partial charge in [-0.15, -0.1) is 6.58 Å². The van der Waals surface area contributed by atoms with E-state index in [1.54, 1.807) is 48.5 Å². The maximum Gasteiger partial charge on any atom is 0.354 e. The van der Waals surface area contributed by atoms with Gasteiger partial charge in [0, 0.05) is 19.4 Å². The first-order chi connectivity index (χ1) is 14.5. The number of rotatable bonds is 5. The van der Waals surface area contributed by atoms with Crippen molar-refractivity contribution < 1.29 is 19.1 Å². The Hall–Kier alpha value is -3.92. The van der Waals surface area contributed by atoms with Crippen molar-refractivity contribution in [3.63, 3.8) is 0 Å². The molecule has 2 heterocycles. The molecule has 2 aliphatic heterocycles. The maximum atomic E-state index is 13.4. The zero-order chi connectivity index (χ0) is 21.3. The molecule has 4 rings (SSSR count). The fourth-order valence-electron chi connectivity index (χ4n) is 4.12. The highest BCUT2D eigenvalue weighted by atomic mass is 16.5. The van der Waals surface area contributed by atoms with Gasteiger partial charge in [-0.05, 0) is 29.8 Å². The van der Waals surface area contributed by atoms with Crippen molar-refractivity contribution in [3.8, 4) is 6.07 Å². The summed E-state index contributed by atoms with van der Waals surface area (Å²) < 4.78 is 5.59. The molecule has 2 aromatic rings. The predicted octanol–water partition coefficient (Wildman–Crippen LogP) is 2.77. The number of para-hydroxylation sites is 1. The fraction of sp³-hybridized carbons (Fsp3) is 0.217. The first-order valence-electron chi connectivity index (χ1n) is 9.54. The molecule has 0 saturated carbocycles. The zero-order valence-corrected chi connectivity index (χ0v) is 16.2. The molecule has 0 aromatic heterocycles. The summed E-state index contributed by atoms with van der Waals surface area (Å²) >= 11 is 0. The summed E-state index contributed by atoms with van der Waals surface area (Å²) in [5.74, 6) is -1.27. The van der Waals surface area contributed by atoms with E-state index < -0.39 is 11.6 Å². The quantitative estimate of drug-likeness (QED) is 0.568. The monoisotopic (exact) mass is 401 g/mol. The van der Waals surface area contributed by atoms with Crippen molar-refractivity contribution in [2.24, 2.45) is 0 Å². The van der Waals surface area contributed by atoms with Crippen LogP contribution in [0.25, 0.3) is 0 Å². The van der Waals surface area contributed by atoms with Crippen molar-refractivity contribution in [2.45, 2.75) is 25.1 Å². The summed E-state index contributed by atoms with van der Waals surface area (Å²) in [5, 5.41) is 9.06. The number of amides is 2. The lowest BCUT2D eigenvalue weighted by atomic mass is 9.96. The smallest absolute Gasteiger partial charge is 0.354 e. The van der Waals surface area contributed by atoms with Gasteiger partial charge in [-0.2, -0.15) is 5.26 Å². The van der Waals surface area contributed by atoms with E-state index in [1.165, 1.54) is 15.9 Å². The predicted molar refractivity (Wildman–Crippen MR) is 108 cm³/mol. The molecule has 1 saturated heterocycles. The van der Waals surface area contributed by atoms with Gasteiger partial charge in [-0.3, -0.25) is 14.5 Å². The van der Waals surface area contributed by atoms with Gasteiger partial charge in [-0.25, -0.2) is 4.79 Å². The van der Waals surface area contributed by atoms with Crippen LogP contribution in [-0.4, -0.2) is 34.9 Å². The van der Waals surface area contributed by atoms with Crippen molar-refractivity contribution in [3.05, 3.63) is 77.9 Å². The van der Waals surface area contributed by atoms with E-state index >= 15 is 0 Å². The fourth-order valence-corrected chi connectivity index (χ4v) is 4.12. The van der Waals surface area contributed by atoms with E-state index in [2.05, 4.69) is 6.58 Å². The van der Waals surface area contributed by atoms with Crippen molar-refractivity contribution in [1.29, 1.82) is 5.26 Å². The van der Waals surface area contributed by atoms with Crippen molar-refractivity contribution in [1.82, 2.24) is 4.90 Å². The van der Waals surface area contributed by atoms with E-state index in [0.29, 0.717) is 22.4 Å². The lowest BCUT2D eigenvalue weighted by Crippen LogP contribution is -2.68. The Morgan fingerprint density at radius 1 is 1.23 bits per heavy atom. The van der Waals surface area contributed by atoms with Crippen molar-refractivity contribution in [2.75, 3.05) is 11.4 Å². The minimum Gasteiger partial charge on any atom is -0.458 e. The highest BCUT2D eigenvalue weighted by Crippen LogP contribution is 2.45. The lowest BCUT2D eigenvalue weighted by Gasteiger charge is -2.48. The average molecular weight is 401 g/mol. The molecule has 2 aromatic carbocycles. The second-order valence-corrected chi connectivity index (χ2v) is 7.16. The number of fused-ring (bicyclic) bond motifs is 3. The van der Waals surface area contributed by atoms with E-state index in [4.69, 9.17) is 10.00 Å². The first-order valence-corrected chi connectivity index (χ1v) is 9.54. The van der Waals surface area contributed by atoms with Gasteiger partial charge in [0.2, 0.25) is 11.6 Å². The number of hydrogen-bond acceptors (Lipinski definition) is 5. The van der Waals surface area contributed by atoms with Crippen LogP contribution in [0.5, 0.6) is 0 Å². The Kier molecular flexibility index (Phi) is 4.84. The van der Waals surface area contributed by atoms with Gasteiger partial charge in [0.1, 0.15) is 6.61 Å². The summed E-state index contributed by atoms with van der Waals surface area (Å²) in [6.07, 6.45) is 1.78. The van der Waals surface area contributed by atoms with Gasteiger partial charge in [-0.1, -0.05) is 30.3 Å². The van der Waals surface area contributed by atoms with Gasteiger partial charge in [0.15, 0.2) is 0 Å². The molecule has 30 heavy (non-hydrogen) atoms. The first kappa shape index (κ1) is 19.4. The number of hydrogen-bond donors (Lipinski definition) is 0. The van der Waals surface area contributed by atoms with Gasteiger partial charge < -0.3 is 9.64 Å². The second-order valence-electron chi connectivity index (χ2n) is 7.16. The Morgan fingerprint density at radius 3 is 2.80 bits per heavy atom. The summed E-state index contributed by atoms with van der Waals surface area (Å²) in [7, 11) is 0. The van der Waals surface area contributed by atoms with Gasteiger partial charge >= 0.3 is 5.97 Å².